The largest absolute Gasteiger partial charge is 0.285 e. The molecular formula is C15H11BrO2. The van der Waals surface area contributed by atoms with Crippen LogP contribution in [0.5, 0.6) is 0 Å². The average molecular weight is 303 g/mol. The SMILES string of the molecule is Cc1ccc(C(=O)C(=O)c2ccc(Br)cc2)cc1. The van der Waals surface area contributed by atoms with E-state index in [1.54, 1.807) is 36.4 Å². The van der Waals surface area contributed by atoms with Crippen molar-refractivity contribution in [1.29, 1.82) is 0 Å². The molecule has 18 heavy (non-hydrogen) atoms. The van der Waals surface area contributed by atoms with Crippen LogP contribution in [0, 0.1) is 6.92 Å². The molecule has 0 spiro atoms. The first-order valence-electron chi connectivity index (χ1n) is 5.49. The number of halogens is 1. The van der Waals surface area contributed by atoms with Crippen LogP contribution in [0.15, 0.2) is 53.0 Å². The Bertz CT molecular complexity index is 527. The number of aryl methyl sites for hydroxylation is 1. The lowest BCUT2D eigenvalue weighted by Gasteiger charge is -2.01. The van der Waals surface area contributed by atoms with Gasteiger partial charge in [-0.3, -0.25) is 9.59 Å². The third kappa shape index (κ3) is 2.74. The van der Waals surface area contributed by atoms with E-state index in [4.69, 9.17) is 0 Å². The fourth-order valence-corrected chi connectivity index (χ4v) is 1.83. The molecule has 0 radical (unpaired) electrons. The summed E-state index contributed by atoms with van der Waals surface area (Å²) >= 11 is 3.29. The highest BCUT2D eigenvalue weighted by molar-refractivity contribution is 9.10. The van der Waals surface area contributed by atoms with Gasteiger partial charge in [0.15, 0.2) is 0 Å². The molecule has 0 unspecified atom stereocenters. The fourth-order valence-electron chi connectivity index (χ4n) is 1.57. The molecule has 90 valence electrons. The number of ketones is 2. The Hall–Kier alpha value is -1.74. The van der Waals surface area contributed by atoms with Crippen molar-refractivity contribution in [2.45, 2.75) is 6.92 Å². The van der Waals surface area contributed by atoms with Gasteiger partial charge in [0.2, 0.25) is 11.6 Å². The van der Waals surface area contributed by atoms with E-state index in [0.29, 0.717) is 11.1 Å². The predicted octanol–water partition coefficient (Wildman–Crippen LogP) is 3.82. The second-order valence-corrected chi connectivity index (χ2v) is 4.95. The second kappa shape index (κ2) is 5.27. The molecule has 0 saturated heterocycles. The predicted molar refractivity (Wildman–Crippen MR) is 74.0 cm³/mol. The van der Waals surface area contributed by atoms with Crippen LogP contribution in [-0.4, -0.2) is 11.6 Å². The van der Waals surface area contributed by atoms with Crippen molar-refractivity contribution < 1.29 is 9.59 Å². The normalized spacial score (nSPS) is 10.1. The summed E-state index contributed by atoms with van der Waals surface area (Å²) < 4.78 is 0.877. The van der Waals surface area contributed by atoms with Gasteiger partial charge in [0.25, 0.3) is 0 Å². The zero-order valence-electron chi connectivity index (χ0n) is 9.81. The standard InChI is InChI=1S/C15H11BrO2/c1-10-2-4-11(5-3-10)14(17)15(18)12-6-8-13(16)9-7-12/h2-9H,1H3. The maximum absolute atomic E-state index is 12.0. The first kappa shape index (κ1) is 12.7. The summed E-state index contributed by atoms with van der Waals surface area (Å²) in [6.07, 6.45) is 0. The van der Waals surface area contributed by atoms with E-state index in [9.17, 15) is 9.59 Å². The van der Waals surface area contributed by atoms with Crippen molar-refractivity contribution in [2.75, 3.05) is 0 Å². The highest BCUT2D eigenvalue weighted by Gasteiger charge is 2.17. The van der Waals surface area contributed by atoms with Crippen LogP contribution >= 0.6 is 15.9 Å². The lowest BCUT2D eigenvalue weighted by Crippen LogP contribution is -2.14. The average Bonchev–Trinajstić information content (AvgIpc) is 2.39. The molecule has 0 N–H and O–H groups in total. The van der Waals surface area contributed by atoms with Gasteiger partial charge in [0.05, 0.1) is 0 Å². The molecule has 0 aliphatic rings. The van der Waals surface area contributed by atoms with Crippen LogP contribution in [0.2, 0.25) is 0 Å². The van der Waals surface area contributed by atoms with E-state index in [0.717, 1.165) is 10.0 Å². The molecule has 0 fully saturated rings. The van der Waals surface area contributed by atoms with Crippen LogP contribution in [0.3, 0.4) is 0 Å². The van der Waals surface area contributed by atoms with Crippen molar-refractivity contribution in [3.05, 3.63) is 69.7 Å². The van der Waals surface area contributed by atoms with E-state index in [1.165, 1.54) is 0 Å². The van der Waals surface area contributed by atoms with E-state index in [-0.39, 0.29) is 0 Å². The van der Waals surface area contributed by atoms with Crippen LogP contribution in [0.25, 0.3) is 0 Å². The zero-order valence-corrected chi connectivity index (χ0v) is 11.4. The minimum absolute atomic E-state index is 0.406. The number of hydrogen-bond acceptors (Lipinski definition) is 2. The summed E-state index contributed by atoms with van der Waals surface area (Å²) in [5.74, 6) is -0.955. The Balaban J connectivity index is 2.26. The number of hydrogen-bond donors (Lipinski definition) is 0. The number of carbonyl (C=O) groups is 2. The van der Waals surface area contributed by atoms with Gasteiger partial charge < -0.3 is 0 Å². The quantitative estimate of drug-likeness (QED) is 0.638. The second-order valence-electron chi connectivity index (χ2n) is 4.03. The maximum atomic E-state index is 12.0. The highest BCUT2D eigenvalue weighted by atomic mass is 79.9. The Morgan fingerprint density at radius 3 is 1.61 bits per heavy atom. The van der Waals surface area contributed by atoms with Gasteiger partial charge in [-0.1, -0.05) is 45.8 Å². The van der Waals surface area contributed by atoms with Gasteiger partial charge in [-0.05, 0) is 31.2 Å². The van der Waals surface area contributed by atoms with Crippen LogP contribution < -0.4 is 0 Å². The van der Waals surface area contributed by atoms with Crippen molar-refractivity contribution >= 4 is 27.5 Å². The fraction of sp³-hybridized carbons (Fsp3) is 0.0667. The summed E-state index contributed by atoms with van der Waals surface area (Å²) in [6.45, 7) is 1.94. The molecule has 0 aliphatic heterocycles. The van der Waals surface area contributed by atoms with Gasteiger partial charge >= 0.3 is 0 Å². The van der Waals surface area contributed by atoms with Crippen molar-refractivity contribution in [1.82, 2.24) is 0 Å². The molecule has 0 aliphatic carbocycles. The molecule has 0 aromatic heterocycles. The molecule has 0 saturated carbocycles. The van der Waals surface area contributed by atoms with Crippen LogP contribution in [-0.2, 0) is 0 Å². The molecule has 3 heteroatoms. The van der Waals surface area contributed by atoms with E-state index < -0.39 is 11.6 Å². The van der Waals surface area contributed by atoms with Gasteiger partial charge in [0.1, 0.15) is 0 Å². The number of rotatable bonds is 3. The van der Waals surface area contributed by atoms with Crippen molar-refractivity contribution in [3.63, 3.8) is 0 Å². The van der Waals surface area contributed by atoms with Gasteiger partial charge in [-0.15, -0.1) is 0 Å². The summed E-state index contributed by atoms with van der Waals surface area (Å²) in [6, 6.07) is 13.8. The van der Waals surface area contributed by atoms with E-state index in [2.05, 4.69) is 15.9 Å². The van der Waals surface area contributed by atoms with E-state index in [1.807, 2.05) is 19.1 Å². The van der Waals surface area contributed by atoms with E-state index >= 15 is 0 Å². The third-order valence-electron chi connectivity index (χ3n) is 2.63. The summed E-state index contributed by atoms with van der Waals surface area (Å²) in [4.78, 5) is 24.0. The topological polar surface area (TPSA) is 34.1 Å². The van der Waals surface area contributed by atoms with Gasteiger partial charge in [-0.25, -0.2) is 0 Å². The smallest absolute Gasteiger partial charge is 0.233 e. The molecule has 2 aromatic rings. The maximum Gasteiger partial charge on any atom is 0.233 e. The third-order valence-corrected chi connectivity index (χ3v) is 3.16. The summed E-state index contributed by atoms with van der Waals surface area (Å²) in [5, 5.41) is 0. The Labute approximate surface area is 114 Å². The Kier molecular flexibility index (Phi) is 3.72. The molecule has 2 rings (SSSR count). The summed E-state index contributed by atoms with van der Waals surface area (Å²) in [5.41, 5.74) is 1.89. The lowest BCUT2D eigenvalue weighted by molar-refractivity contribution is 0.0817. The molecule has 2 aromatic carbocycles. The Morgan fingerprint density at radius 2 is 1.17 bits per heavy atom. The van der Waals surface area contributed by atoms with Gasteiger partial charge in [0, 0.05) is 15.6 Å². The van der Waals surface area contributed by atoms with Crippen molar-refractivity contribution in [3.8, 4) is 0 Å². The first-order valence-corrected chi connectivity index (χ1v) is 6.28. The van der Waals surface area contributed by atoms with Crippen molar-refractivity contribution in [2.24, 2.45) is 0 Å². The lowest BCUT2D eigenvalue weighted by atomic mass is 10.0. The molecular weight excluding hydrogens is 292 g/mol. The molecule has 2 nitrogen and oxygen atoms in total. The summed E-state index contributed by atoms with van der Waals surface area (Å²) in [7, 11) is 0. The molecule has 0 heterocycles. The monoisotopic (exact) mass is 302 g/mol. The molecule has 0 bridgehead atoms. The highest BCUT2D eigenvalue weighted by Crippen LogP contribution is 2.13. The number of carbonyl (C=O) groups excluding carboxylic acids is 2. The van der Waals surface area contributed by atoms with Gasteiger partial charge in [-0.2, -0.15) is 0 Å². The molecule has 0 amide bonds. The Morgan fingerprint density at radius 1 is 0.778 bits per heavy atom. The van der Waals surface area contributed by atoms with Crippen LogP contribution in [0.4, 0.5) is 0 Å². The number of Topliss-reactive ketones (excluding diaryl/α,β-unsaturated/α-hetero) is 2. The molecule has 0 atom stereocenters. The first-order chi connectivity index (χ1) is 8.58. The minimum atomic E-state index is -0.480. The zero-order chi connectivity index (χ0) is 13.1. The number of benzene rings is 2. The minimum Gasteiger partial charge on any atom is -0.285 e. The van der Waals surface area contributed by atoms with Crippen LogP contribution in [0.1, 0.15) is 26.3 Å².